The Morgan fingerprint density at radius 3 is 2.85 bits per heavy atom. The minimum Gasteiger partial charge on any atom is -0.357 e. The molecule has 72 valence electrons. The van der Waals surface area contributed by atoms with Crippen molar-refractivity contribution in [3.05, 3.63) is 5.01 Å². The lowest BCUT2D eigenvalue weighted by Gasteiger charge is -2.32. The van der Waals surface area contributed by atoms with Crippen LogP contribution >= 0.6 is 11.3 Å². The van der Waals surface area contributed by atoms with Crippen molar-refractivity contribution in [1.29, 1.82) is 0 Å². The highest BCUT2D eigenvalue weighted by Gasteiger charge is 2.26. The Morgan fingerprint density at radius 2 is 2.31 bits per heavy atom. The van der Waals surface area contributed by atoms with E-state index < -0.39 is 0 Å². The summed E-state index contributed by atoms with van der Waals surface area (Å²) in [5, 5.41) is 13.4. The number of hydrogen-bond acceptors (Lipinski definition) is 5. The molecule has 0 atom stereocenters. The summed E-state index contributed by atoms with van der Waals surface area (Å²) in [5.41, 5.74) is 5.68. The van der Waals surface area contributed by atoms with Crippen LogP contribution in [0.1, 0.15) is 24.8 Å². The molecule has 1 aliphatic carbocycles. The van der Waals surface area contributed by atoms with Crippen LogP contribution in [0, 0.1) is 0 Å². The van der Waals surface area contributed by atoms with Crippen LogP contribution in [0.2, 0.25) is 0 Å². The Bertz CT molecular complexity index is 279. The van der Waals surface area contributed by atoms with Crippen LogP contribution in [0.25, 0.3) is 0 Å². The molecular weight excluding hydrogens is 184 g/mol. The third-order valence-corrected chi connectivity index (χ3v) is 3.27. The zero-order valence-corrected chi connectivity index (χ0v) is 8.47. The molecule has 5 heteroatoms. The van der Waals surface area contributed by atoms with Gasteiger partial charge in [0.15, 0.2) is 0 Å². The number of anilines is 1. The van der Waals surface area contributed by atoms with Crippen LogP contribution in [0.15, 0.2) is 0 Å². The molecule has 3 N–H and O–H groups in total. The van der Waals surface area contributed by atoms with Gasteiger partial charge < -0.3 is 11.1 Å². The van der Waals surface area contributed by atoms with Gasteiger partial charge in [-0.25, -0.2) is 0 Å². The fraction of sp³-hybridized carbons (Fsp3) is 0.750. The van der Waals surface area contributed by atoms with Crippen molar-refractivity contribution in [1.82, 2.24) is 10.2 Å². The van der Waals surface area contributed by atoms with Crippen molar-refractivity contribution < 1.29 is 0 Å². The maximum Gasteiger partial charge on any atom is 0.205 e. The van der Waals surface area contributed by atoms with Gasteiger partial charge in [0.25, 0.3) is 0 Å². The van der Waals surface area contributed by atoms with Gasteiger partial charge in [0.05, 0.1) is 0 Å². The van der Waals surface area contributed by atoms with E-state index >= 15 is 0 Å². The molecule has 0 radical (unpaired) electrons. The smallest absolute Gasteiger partial charge is 0.205 e. The Kier molecular flexibility index (Phi) is 2.46. The highest BCUT2D eigenvalue weighted by atomic mass is 32.1. The van der Waals surface area contributed by atoms with E-state index in [2.05, 4.69) is 22.4 Å². The molecule has 1 heterocycles. The maximum atomic E-state index is 5.68. The van der Waals surface area contributed by atoms with Crippen LogP contribution in [-0.4, -0.2) is 22.3 Å². The van der Waals surface area contributed by atoms with E-state index in [1.807, 2.05) is 0 Å². The molecule has 0 aliphatic heterocycles. The molecule has 0 saturated heterocycles. The second-order valence-electron chi connectivity index (χ2n) is 3.43. The average Bonchev–Trinajstić information content (AvgIpc) is 2.50. The summed E-state index contributed by atoms with van der Waals surface area (Å²) < 4.78 is 0. The SMILES string of the molecule is CCc1nnc(NC2CC(N)C2)s1. The molecule has 4 nitrogen and oxygen atoms in total. The fourth-order valence-electron chi connectivity index (χ4n) is 1.41. The van der Waals surface area contributed by atoms with Crippen LogP contribution < -0.4 is 11.1 Å². The van der Waals surface area contributed by atoms with Crippen molar-refractivity contribution in [2.45, 2.75) is 38.3 Å². The van der Waals surface area contributed by atoms with E-state index in [1.54, 1.807) is 11.3 Å². The van der Waals surface area contributed by atoms with Crippen molar-refractivity contribution >= 4 is 16.5 Å². The quantitative estimate of drug-likeness (QED) is 0.760. The zero-order chi connectivity index (χ0) is 9.26. The van der Waals surface area contributed by atoms with Crippen LogP contribution in [0.3, 0.4) is 0 Å². The number of hydrogen-bond donors (Lipinski definition) is 2. The summed E-state index contributed by atoms with van der Waals surface area (Å²) in [5.74, 6) is 0. The molecule has 0 amide bonds. The summed E-state index contributed by atoms with van der Waals surface area (Å²) in [6.07, 6.45) is 3.08. The first-order chi connectivity index (χ1) is 6.28. The molecule has 2 rings (SSSR count). The zero-order valence-electron chi connectivity index (χ0n) is 7.66. The number of aryl methyl sites for hydroxylation is 1. The summed E-state index contributed by atoms with van der Waals surface area (Å²) >= 11 is 1.64. The normalized spacial score (nSPS) is 26.9. The average molecular weight is 198 g/mol. The van der Waals surface area contributed by atoms with Crippen molar-refractivity contribution in [2.24, 2.45) is 5.73 Å². The Morgan fingerprint density at radius 1 is 1.54 bits per heavy atom. The largest absolute Gasteiger partial charge is 0.357 e. The molecular formula is C8H14N4S. The van der Waals surface area contributed by atoms with Crippen LogP contribution in [0.4, 0.5) is 5.13 Å². The first-order valence-corrected chi connectivity index (χ1v) is 5.44. The first kappa shape index (κ1) is 8.90. The topological polar surface area (TPSA) is 63.8 Å². The van der Waals surface area contributed by atoms with Gasteiger partial charge in [-0.2, -0.15) is 0 Å². The van der Waals surface area contributed by atoms with Gasteiger partial charge in [0.2, 0.25) is 5.13 Å². The predicted octanol–water partition coefficient (Wildman–Crippen LogP) is 1.00. The fourth-order valence-corrected chi connectivity index (χ4v) is 2.17. The number of nitrogens with two attached hydrogens (primary N) is 1. The lowest BCUT2D eigenvalue weighted by molar-refractivity contribution is 0.373. The molecule has 13 heavy (non-hydrogen) atoms. The number of nitrogens with one attached hydrogen (secondary N) is 1. The Hall–Kier alpha value is -0.680. The molecule has 0 aromatic carbocycles. The van der Waals surface area contributed by atoms with E-state index in [0.717, 1.165) is 29.4 Å². The molecule has 1 saturated carbocycles. The molecule has 0 bridgehead atoms. The van der Waals surface area contributed by atoms with Crippen LogP contribution in [-0.2, 0) is 6.42 Å². The molecule has 0 unspecified atom stereocenters. The van der Waals surface area contributed by atoms with E-state index in [9.17, 15) is 0 Å². The third-order valence-electron chi connectivity index (χ3n) is 2.27. The first-order valence-electron chi connectivity index (χ1n) is 4.62. The maximum absolute atomic E-state index is 5.68. The number of rotatable bonds is 3. The van der Waals surface area contributed by atoms with E-state index in [1.165, 1.54) is 0 Å². The Balaban J connectivity index is 1.87. The molecule has 0 spiro atoms. The van der Waals surface area contributed by atoms with Gasteiger partial charge in [-0.15, -0.1) is 10.2 Å². The lowest BCUT2D eigenvalue weighted by Crippen LogP contribution is -2.44. The standard InChI is InChI=1S/C8H14N4S/c1-2-7-11-12-8(13-7)10-6-3-5(9)4-6/h5-6H,2-4,9H2,1H3,(H,10,12). The van der Waals surface area contributed by atoms with Crippen LogP contribution in [0.5, 0.6) is 0 Å². The second kappa shape index (κ2) is 3.59. The lowest BCUT2D eigenvalue weighted by atomic mass is 9.88. The van der Waals surface area contributed by atoms with Gasteiger partial charge in [0.1, 0.15) is 5.01 Å². The van der Waals surface area contributed by atoms with Gasteiger partial charge >= 0.3 is 0 Å². The summed E-state index contributed by atoms with van der Waals surface area (Å²) in [7, 11) is 0. The minimum absolute atomic E-state index is 0.385. The molecule has 1 aromatic rings. The van der Waals surface area contributed by atoms with E-state index in [-0.39, 0.29) is 0 Å². The van der Waals surface area contributed by atoms with Gasteiger partial charge in [0, 0.05) is 12.1 Å². The van der Waals surface area contributed by atoms with E-state index in [4.69, 9.17) is 5.73 Å². The highest BCUT2D eigenvalue weighted by molar-refractivity contribution is 7.15. The predicted molar refractivity (Wildman–Crippen MR) is 53.9 cm³/mol. The van der Waals surface area contributed by atoms with Gasteiger partial charge in [-0.3, -0.25) is 0 Å². The minimum atomic E-state index is 0.385. The third kappa shape index (κ3) is 1.97. The molecule has 1 aliphatic rings. The van der Waals surface area contributed by atoms with E-state index in [0.29, 0.717) is 12.1 Å². The summed E-state index contributed by atoms with van der Waals surface area (Å²) in [4.78, 5) is 0. The molecule has 1 fully saturated rings. The van der Waals surface area contributed by atoms with Crippen molar-refractivity contribution in [3.8, 4) is 0 Å². The Labute approximate surface area is 81.6 Å². The van der Waals surface area contributed by atoms with Gasteiger partial charge in [-0.1, -0.05) is 18.3 Å². The number of aromatic nitrogens is 2. The number of nitrogens with zero attached hydrogens (tertiary/aromatic N) is 2. The second-order valence-corrected chi connectivity index (χ2v) is 4.49. The summed E-state index contributed by atoms with van der Waals surface area (Å²) in [6.45, 7) is 2.09. The van der Waals surface area contributed by atoms with Crippen molar-refractivity contribution in [2.75, 3.05) is 5.32 Å². The van der Waals surface area contributed by atoms with Crippen molar-refractivity contribution in [3.63, 3.8) is 0 Å². The highest BCUT2D eigenvalue weighted by Crippen LogP contribution is 2.24. The van der Waals surface area contributed by atoms with Gasteiger partial charge in [-0.05, 0) is 19.3 Å². The monoisotopic (exact) mass is 198 g/mol. The molecule has 1 aromatic heterocycles. The summed E-state index contributed by atoms with van der Waals surface area (Å²) in [6, 6.07) is 0.906.